The van der Waals surface area contributed by atoms with Crippen molar-refractivity contribution in [2.24, 2.45) is 0 Å². The molecule has 0 fully saturated rings. The van der Waals surface area contributed by atoms with Crippen molar-refractivity contribution in [1.82, 2.24) is 9.55 Å². The first kappa shape index (κ1) is 31.4. The molecule has 3 aromatic heterocycles. The zero-order valence-electron chi connectivity index (χ0n) is 44.2. The first-order valence-corrected chi connectivity index (χ1v) is 20.9. The summed E-state index contributed by atoms with van der Waals surface area (Å²) >= 11 is 0. The van der Waals surface area contributed by atoms with E-state index in [9.17, 15) is 0 Å². The van der Waals surface area contributed by atoms with Gasteiger partial charge in [-0.3, -0.25) is 0 Å². The predicted molar refractivity (Wildman–Crippen MR) is 261 cm³/mol. The molecule has 12 rings (SSSR count). The van der Waals surface area contributed by atoms with Crippen LogP contribution in [0, 0.1) is 18.8 Å². The fraction of sp³-hybridized carbons (Fsp3) is 0.0690. The molecule has 0 spiro atoms. The van der Waals surface area contributed by atoms with E-state index in [2.05, 4.69) is 55.7 Å². The minimum Gasteiger partial charge on any atom is -0.508 e. The summed E-state index contributed by atoms with van der Waals surface area (Å²) in [6.45, 7) is 8.31. The molecule has 0 amide bonds. The van der Waals surface area contributed by atoms with Gasteiger partial charge in [0.05, 0.1) is 12.3 Å². The molecular formula is C58H41N4O2Pt-3. The van der Waals surface area contributed by atoms with Crippen LogP contribution in [0.3, 0.4) is 0 Å². The van der Waals surface area contributed by atoms with Crippen molar-refractivity contribution >= 4 is 66.5 Å². The Labute approximate surface area is 404 Å². The van der Waals surface area contributed by atoms with Crippen LogP contribution in [0.15, 0.2) is 192 Å². The van der Waals surface area contributed by atoms with Crippen LogP contribution in [0.2, 0.25) is 0 Å². The standard InChI is InChI=1S/C58H41N4O2.Pt/c1-58(2,3)40-31-32-59-55(33-40)62-48-25-12-10-21-45(48)46-30-29-42(36-51(46)62)63-53-34-41(35-54-56(53)47-22-11-15-28-52(47)64-54)60-37-61(50-27-14-13-26-49(50)60)57-43(38-17-6-4-7-18-38)23-16-24-44(57)39-19-8-5-9-20-39;/h4-33,35,37H,1-3H3;/q-3;/i4D,5D,6D,7D,8D,9D,17D,18D,19D;. The molecule has 8 aromatic carbocycles. The van der Waals surface area contributed by atoms with Crippen molar-refractivity contribution in [2.75, 3.05) is 9.80 Å². The van der Waals surface area contributed by atoms with Crippen LogP contribution in [-0.4, -0.2) is 9.55 Å². The van der Waals surface area contributed by atoms with E-state index in [1.165, 1.54) is 6.07 Å². The largest absolute Gasteiger partial charge is 0.508 e. The molecule has 0 bridgehead atoms. The second-order valence-electron chi connectivity index (χ2n) is 16.6. The number of anilines is 4. The van der Waals surface area contributed by atoms with Gasteiger partial charge in [0.15, 0.2) is 0 Å². The number of nitrogens with zero attached hydrogens (tertiary/aromatic N) is 4. The molecule has 1 aliphatic heterocycles. The first-order valence-electron chi connectivity index (χ1n) is 25.4. The Morgan fingerprint density at radius 2 is 1.35 bits per heavy atom. The zero-order valence-corrected chi connectivity index (χ0v) is 37.5. The van der Waals surface area contributed by atoms with Crippen LogP contribution in [0.4, 0.5) is 22.7 Å². The van der Waals surface area contributed by atoms with Gasteiger partial charge in [-0.25, -0.2) is 4.98 Å². The second-order valence-corrected chi connectivity index (χ2v) is 16.6. The van der Waals surface area contributed by atoms with Gasteiger partial charge >= 0.3 is 0 Å². The van der Waals surface area contributed by atoms with Crippen LogP contribution in [0.5, 0.6) is 11.5 Å². The van der Waals surface area contributed by atoms with Gasteiger partial charge in [-0.15, -0.1) is 36.3 Å². The molecule has 0 saturated carbocycles. The number of furan rings is 1. The van der Waals surface area contributed by atoms with Crippen molar-refractivity contribution < 1.29 is 42.6 Å². The van der Waals surface area contributed by atoms with E-state index in [-0.39, 0.29) is 55.3 Å². The van der Waals surface area contributed by atoms with Crippen molar-refractivity contribution in [2.45, 2.75) is 26.2 Å². The molecule has 0 N–H and O–H groups in total. The summed E-state index contributed by atoms with van der Waals surface area (Å²) in [5.41, 5.74) is 6.62. The van der Waals surface area contributed by atoms with Crippen LogP contribution in [0.1, 0.15) is 38.7 Å². The van der Waals surface area contributed by atoms with E-state index in [1.54, 1.807) is 24.9 Å². The Balaban J connectivity index is 0.00000588. The molecule has 0 saturated heterocycles. The van der Waals surface area contributed by atoms with Gasteiger partial charge in [0.25, 0.3) is 0 Å². The summed E-state index contributed by atoms with van der Waals surface area (Å²) in [6.07, 6.45) is 1.84. The number of benzene rings is 8. The summed E-state index contributed by atoms with van der Waals surface area (Å²) in [4.78, 5) is 8.55. The topological polar surface area (TPSA) is 46.7 Å². The van der Waals surface area contributed by atoms with Gasteiger partial charge in [-0.05, 0) is 74.7 Å². The van der Waals surface area contributed by atoms with Crippen molar-refractivity contribution in [1.29, 1.82) is 0 Å². The summed E-state index contributed by atoms with van der Waals surface area (Å²) in [5.74, 6) is 1.52. The van der Waals surface area contributed by atoms with Gasteiger partial charge in [0.2, 0.25) is 0 Å². The maximum absolute atomic E-state index is 9.10. The number of rotatable bonds is 7. The normalized spacial score (nSPS) is 14.5. The van der Waals surface area contributed by atoms with Crippen molar-refractivity contribution in [3.8, 4) is 39.6 Å². The molecule has 65 heavy (non-hydrogen) atoms. The van der Waals surface area contributed by atoms with E-state index in [0.29, 0.717) is 56.4 Å². The maximum Gasteiger partial charge on any atom is 0.135 e. The molecule has 7 heteroatoms. The molecule has 0 atom stereocenters. The summed E-state index contributed by atoms with van der Waals surface area (Å²) < 4.78 is 94.2. The quantitative estimate of drug-likeness (QED) is 0.149. The van der Waals surface area contributed by atoms with E-state index in [0.717, 1.165) is 38.6 Å². The number of fused-ring (bicyclic) bond motifs is 7. The SMILES string of the molecule is [2H]c1cc(-c2cccc(-c3c([2H])c([2H])c([2H])c([2H])c3[2H])c2N2[CH-]N(c3[c-]c(Oc4[c-]c5c(cc4)c4ccccc4n5-c4cc(C(C)(C)C)ccn4)c4c(c3)oc3ccccc34)c3ccccc32)c([2H])c([2H])c1[2H].[Pt]. The monoisotopic (exact) mass is 1030 g/mol. The molecule has 4 heterocycles. The Morgan fingerprint density at radius 1 is 0.646 bits per heavy atom. The van der Waals surface area contributed by atoms with Gasteiger partial charge in [0, 0.05) is 78.0 Å². The van der Waals surface area contributed by atoms with E-state index >= 15 is 0 Å². The second kappa shape index (κ2) is 16.0. The molecule has 0 aliphatic carbocycles. The fourth-order valence-corrected chi connectivity index (χ4v) is 8.75. The Morgan fingerprint density at radius 3 is 2.17 bits per heavy atom. The van der Waals surface area contributed by atoms with Crippen LogP contribution in [0.25, 0.3) is 71.8 Å². The summed E-state index contributed by atoms with van der Waals surface area (Å²) in [6, 6.07) is 43.0. The maximum atomic E-state index is 9.10. The molecule has 6 nitrogen and oxygen atoms in total. The number of hydrogen-bond donors (Lipinski definition) is 0. The van der Waals surface area contributed by atoms with Crippen molar-refractivity contribution in [3.05, 3.63) is 212 Å². The number of pyridine rings is 1. The van der Waals surface area contributed by atoms with E-state index in [4.69, 9.17) is 26.5 Å². The van der Waals surface area contributed by atoms with E-state index in [1.807, 2.05) is 101 Å². The Kier molecular flexibility index (Phi) is 7.74. The average molecular weight is 1030 g/mol. The molecule has 0 unspecified atom stereocenters. The minimum atomic E-state index is -0.546. The average Bonchev–Trinajstić information content (AvgIpc) is 4.08. The molecule has 1 aliphatic rings. The Bertz CT molecular complexity index is 4100. The summed E-state index contributed by atoms with van der Waals surface area (Å²) in [7, 11) is 0. The number of para-hydroxylation sites is 5. The van der Waals surface area contributed by atoms with Crippen LogP contribution >= 0.6 is 0 Å². The smallest absolute Gasteiger partial charge is 0.135 e. The fourth-order valence-electron chi connectivity index (χ4n) is 8.75. The third kappa shape index (κ3) is 6.88. The van der Waals surface area contributed by atoms with E-state index < -0.39 is 42.3 Å². The molecule has 0 radical (unpaired) electrons. The van der Waals surface area contributed by atoms with Gasteiger partial charge in [-0.1, -0.05) is 159 Å². The predicted octanol–water partition coefficient (Wildman–Crippen LogP) is 15.5. The Hall–Kier alpha value is -7.40. The van der Waals surface area contributed by atoms with Gasteiger partial charge in [0.1, 0.15) is 11.4 Å². The first-order chi connectivity index (χ1) is 35.1. The summed E-state index contributed by atoms with van der Waals surface area (Å²) in [5, 5.41) is 3.51. The minimum absolute atomic E-state index is 0. The van der Waals surface area contributed by atoms with Crippen molar-refractivity contribution in [3.63, 3.8) is 0 Å². The number of hydrogen-bond acceptors (Lipinski definition) is 5. The number of aromatic nitrogens is 2. The van der Waals surface area contributed by atoms with Gasteiger partial charge in [-0.2, -0.15) is 6.07 Å². The zero-order chi connectivity index (χ0) is 50.8. The van der Waals surface area contributed by atoms with Gasteiger partial charge < -0.3 is 23.5 Å². The molecular weight excluding hydrogens is 980 g/mol. The number of ether oxygens (including phenoxy) is 1. The molecule has 11 aromatic rings. The van der Waals surface area contributed by atoms with Crippen LogP contribution in [-0.2, 0) is 26.5 Å². The third-order valence-electron chi connectivity index (χ3n) is 11.7. The third-order valence-corrected chi connectivity index (χ3v) is 11.7. The molecule has 318 valence electrons. The van der Waals surface area contributed by atoms with Crippen LogP contribution < -0.4 is 14.5 Å².